The largest absolute Gasteiger partial charge is 0.375 e. The van der Waals surface area contributed by atoms with Gasteiger partial charge < -0.3 is 14.2 Å². The first-order valence-corrected chi connectivity index (χ1v) is 8.79. The lowest BCUT2D eigenvalue weighted by molar-refractivity contribution is -0.135. The second kappa shape index (κ2) is 9.99. The van der Waals surface area contributed by atoms with Crippen LogP contribution >= 0.6 is 0 Å². The zero-order valence-electron chi connectivity index (χ0n) is 15.1. The second-order valence-electron chi connectivity index (χ2n) is 6.21. The second-order valence-corrected chi connectivity index (χ2v) is 6.21. The number of hydrogen-bond acceptors (Lipinski definition) is 2. The van der Waals surface area contributed by atoms with Crippen LogP contribution in [0.25, 0.3) is 0 Å². The van der Waals surface area contributed by atoms with E-state index in [2.05, 4.69) is 11.5 Å². The molecule has 4 nitrogen and oxygen atoms in total. The zero-order chi connectivity index (χ0) is 18.1. The van der Waals surface area contributed by atoms with E-state index in [0.717, 1.165) is 37.1 Å². The van der Waals surface area contributed by atoms with E-state index >= 15 is 0 Å². The Labute approximate surface area is 149 Å². The molecule has 1 aromatic carbocycles. The van der Waals surface area contributed by atoms with E-state index in [4.69, 9.17) is 4.74 Å². The fourth-order valence-electron chi connectivity index (χ4n) is 2.83. The van der Waals surface area contributed by atoms with Gasteiger partial charge in [0.05, 0.1) is 6.54 Å². The maximum absolute atomic E-state index is 13.4. The molecule has 0 spiro atoms. The molecule has 0 bridgehead atoms. The van der Waals surface area contributed by atoms with Crippen molar-refractivity contribution in [2.45, 2.75) is 39.3 Å². The van der Waals surface area contributed by atoms with Gasteiger partial charge in [-0.25, -0.2) is 4.39 Å². The van der Waals surface area contributed by atoms with Crippen molar-refractivity contribution in [1.82, 2.24) is 9.47 Å². The van der Waals surface area contributed by atoms with Gasteiger partial charge in [-0.15, -0.1) is 0 Å². The number of methoxy groups -OCH3 is 1. The number of benzene rings is 1. The van der Waals surface area contributed by atoms with Crippen molar-refractivity contribution in [3.05, 3.63) is 59.7 Å². The van der Waals surface area contributed by atoms with Crippen LogP contribution in [0.15, 0.2) is 42.6 Å². The molecule has 0 fully saturated rings. The van der Waals surface area contributed by atoms with Crippen molar-refractivity contribution in [2.24, 2.45) is 0 Å². The molecule has 0 saturated heterocycles. The molecule has 2 aromatic rings. The van der Waals surface area contributed by atoms with Crippen LogP contribution < -0.4 is 0 Å². The Morgan fingerprint density at radius 3 is 2.80 bits per heavy atom. The molecule has 0 aliphatic carbocycles. The number of halogens is 1. The number of nitrogens with zero attached hydrogens (tertiary/aromatic N) is 2. The quantitative estimate of drug-likeness (QED) is 0.613. The summed E-state index contributed by atoms with van der Waals surface area (Å²) >= 11 is 0. The average molecular weight is 346 g/mol. The third kappa shape index (κ3) is 6.02. The lowest BCUT2D eigenvalue weighted by Crippen LogP contribution is -2.34. The van der Waals surface area contributed by atoms with Gasteiger partial charge in [-0.2, -0.15) is 0 Å². The third-order valence-corrected chi connectivity index (χ3v) is 4.17. The summed E-state index contributed by atoms with van der Waals surface area (Å²) in [6.45, 7) is 4.08. The molecule has 25 heavy (non-hydrogen) atoms. The first-order chi connectivity index (χ1) is 12.1. The van der Waals surface area contributed by atoms with E-state index < -0.39 is 0 Å². The highest BCUT2D eigenvalue weighted by Gasteiger charge is 2.15. The highest BCUT2D eigenvalue weighted by Crippen LogP contribution is 2.13. The minimum absolute atomic E-state index is 0.00268. The molecule has 0 N–H and O–H groups in total. The summed E-state index contributed by atoms with van der Waals surface area (Å²) in [5, 5.41) is 0. The summed E-state index contributed by atoms with van der Waals surface area (Å²) in [5.41, 5.74) is 1.93. The minimum Gasteiger partial charge on any atom is -0.375 e. The van der Waals surface area contributed by atoms with Gasteiger partial charge in [0.2, 0.25) is 5.91 Å². The number of amides is 1. The number of unbranched alkanes of at least 4 members (excludes halogenated alkanes) is 2. The molecule has 136 valence electrons. The Morgan fingerprint density at radius 1 is 1.24 bits per heavy atom. The molecule has 0 aliphatic heterocycles. The Morgan fingerprint density at radius 2 is 2.08 bits per heavy atom. The first kappa shape index (κ1) is 19.2. The Hall–Kier alpha value is -2.14. The summed E-state index contributed by atoms with van der Waals surface area (Å²) in [5.74, 6) is -0.236. The van der Waals surface area contributed by atoms with Crippen LogP contribution in [-0.2, 0) is 22.6 Å². The lowest BCUT2D eigenvalue weighted by atomic mass is 10.2. The van der Waals surface area contributed by atoms with Gasteiger partial charge >= 0.3 is 0 Å². The molecule has 0 aliphatic rings. The van der Waals surface area contributed by atoms with E-state index in [1.165, 1.54) is 13.2 Å². The van der Waals surface area contributed by atoms with Crippen molar-refractivity contribution >= 4 is 5.91 Å². The smallest absolute Gasteiger partial charge is 0.248 e. The van der Waals surface area contributed by atoms with Crippen LogP contribution in [0, 0.1) is 5.82 Å². The Balaban J connectivity index is 2.08. The zero-order valence-corrected chi connectivity index (χ0v) is 15.1. The van der Waals surface area contributed by atoms with Gasteiger partial charge in [0.15, 0.2) is 0 Å². The summed E-state index contributed by atoms with van der Waals surface area (Å²) in [4.78, 5) is 14.2. The number of aromatic nitrogens is 1. The molecule has 0 atom stereocenters. The van der Waals surface area contributed by atoms with Crippen molar-refractivity contribution in [3.63, 3.8) is 0 Å². The highest BCUT2D eigenvalue weighted by atomic mass is 19.1. The van der Waals surface area contributed by atoms with Crippen LogP contribution in [-0.4, -0.2) is 35.6 Å². The maximum atomic E-state index is 13.4. The lowest BCUT2D eigenvalue weighted by Gasteiger charge is -2.23. The molecule has 1 heterocycles. The van der Waals surface area contributed by atoms with E-state index in [-0.39, 0.29) is 18.3 Å². The van der Waals surface area contributed by atoms with Crippen molar-refractivity contribution in [3.8, 4) is 0 Å². The SMILES string of the molecule is CCCCCN(Cc1cccn1Cc1cccc(F)c1)C(=O)COC. The van der Waals surface area contributed by atoms with Gasteiger partial charge in [0, 0.05) is 32.1 Å². The van der Waals surface area contributed by atoms with E-state index in [9.17, 15) is 9.18 Å². The van der Waals surface area contributed by atoms with Crippen molar-refractivity contribution in [1.29, 1.82) is 0 Å². The van der Waals surface area contributed by atoms with E-state index in [1.54, 1.807) is 12.1 Å². The van der Waals surface area contributed by atoms with Gasteiger partial charge in [0.1, 0.15) is 12.4 Å². The Kier molecular flexibility index (Phi) is 7.67. The molecule has 0 unspecified atom stereocenters. The van der Waals surface area contributed by atoms with Crippen LogP contribution in [0.1, 0.15) is 37.4 Å². The molecule has 1 amide bonds. The average Bonchev–Trinajstić information content (AvgIpc) is 3.01. The van der Waals surface area contributed by atoms with Gasteiger partial charge in [-0.1, -0.05) is 31.9 Å². The predicted molar refractivity (Wildman–Crippen MR) is 96.8 cm³/mol. The molecule has 0 saturated carbocycles. The maximum Gasteiger partial charge on any atom is 0.248 e. The highest BCUT2D eigenvalue weighted by molar-refractivity contribution is 5.77. The fraction of sp³-hybridized carbons (Fsp3) is 0.450. The van der Waals surface area contributed by atoms with Gasteiger partial charge in [-0.05, 0) is 36.2 Å². The summed E-state index contributed by atoms with van der Waals surface area (Å²) < 4.78 is 20.5. The van der Waals surface area contributed by atoms with Crippen molar-refractivity contribution in [2.75, 3.05) is 20.3 Å². The van der Waals surface area contributed by atoms with Crippen LogP contribution in [0.5, 0.6) is 0 Å². The van der Waals surface area contributed by atoms with Crippen LogP contribution in [0.3, 0.4) is 0 Å². The molecular weight excluding hydrogens is 319 g/mol. The standard InChI is InChI=1S/C20H27FN2O2/c1-3-4-5-11-23(20(24)16-25-2)15-19-10-7-12-22(19)14-17-8-6-9-18(21)13-17/h6-10,12-13H,3-5,11,14-16H2,1-2H3. The third-order valence-electron chi connectivity index (χ3n) is 4.17. The van der Waals surface area contributed by atoms with Gasteiger partial charge in [0.25, 0.3) is 0 Å². The normalized spacial score (nSPS) is 10.8. The predicted octanol–water partition coefficient (Wildman–Crippen LogP) is 3.84. The number of hydrogen-bond donors (Lipinski definition) is 0. The summed E-state index contributed by atoms with van der Waals surface area (Å²) in [7, 11) is 1.54. The minimum atomic E-state index is -0.234. The van der Waals surface area contributed by atoms with Gasteiger partial charge in [-0.3, -0.25) is 4.79 Å². The van der Waals surface area contributed by atoms with E-state index in [1.807, 2.05) is 29.3 Å². The monoisotopic (exact) mass is 346 g/mol. The molecule has 2 rings (SSSR count). The number of ether oxygens (including phenoxy) is 1. The Bertz CT molecular complexity index is 669. The number of rotatable bonds is 10. The van der Waals surface area contributed by atoms with Crippen LogP contribution in [0.4, 0.5) is 4.39 Å². The topological polar surface area (TPSA) is 34.5 Å². The summed E-state index contributed by atoms with van der Waals surface area (Å²) in [6, 6.07) is 10.6. The molecule has 0 radical (unpaired) electrons. The number of carbonyl (C=O) groups is 1. The molecule has 1 aromatic heterocycles. The molecule has 5 heteroatoms. The van der Waals surface area contributed by atoms with Crippen LogP contribution in [0.2, 0.25) is 0 Å². The number of carbonyl (C=O) groups excluding carboxylic acids is 1. The molecular formula is C20H27FN2O2. The first-order valence-electron chi connectivity index (χ1n) is 8.79. The fourth-order valence-corrected chi connectivity index (χ4v) is 2.83. The van der Waals surface area contributed by atoms with Crippen molar-refractivity contribution < 1.29 is 13.9 Å². The van der Waals surface area contributed by atoms with E-state index in [0.29, 0.717) is 13.1 Å². The summed E-state index contributed by atoms with van der Waals surface area (Å²) in [6.07, 6.45) is 5.16.